The molecule has 0 radical (unpaired) electrons. The fourth-order valence-corrected chi connectivity index (χ4v) is 3.52. The molecule has 0 atom stereocenters. The summed E-state index contributed by atoms with van der Waals surface area (Å²) in [6.45, 7) is 1.91. The molecule has 0 unspecified atom stereocenters. The first-order valence-corrected chi connectivity index (χ1v) is 9.79. The first-order valence-electron chi connectivity index (χ1n) is 9.79. The number of carbonyl (C=O) groups is 2. The van der Waals surface area contributed by atoms with Crippen LogP contribution in [0.5, 0.6) is 0 Å². The van der Waals surface area contributed by atoms with E-state index in [1.54, 1.807) is 54.6 Å². The Morgan fingerprint density at radius 1 is 0.828 bits per heavy atom. The molecule has 0 aliphatic carbocycles. The van der Waals surface area contributed by atoms with Gasteiger partial charge in [0.15, 0.2) is 5.78 Å². The summed E-state index contributed by atoms with van der Waals surface area (Å²) >= 11 is 0. The van der Waals surface area contributed by atoms with Crippen LogP contribution in [0.4, 0.5) is 11.6 Å². The van der Waals surface area contributed by atoms with E-state index in [2.05, 4.69) is 20.2 Å². The van der Waals surface area contributed by atoms with Crippen LogP contribution in [0.2, 0.25) is 0 Å². The van der Waals surface area contributed by atoms with Gasteiger partial charge < -0.3 is 10.2 Å². The van der Waals surface area contributed by atoms with E-state index in [9.17, 15) is 9.59 Å². The Labute approximate surface area is 169 Å². The molecule has 0 bridgehead atoms. The van der Waals surface area contributed by atoms with Crippen LogP contribution in [-0.2, 0) is 0 Å². The molecule has 1 aliphatic heterocycles. The minimum Gasteiger partial charge on any atom is -0.356 e. The maximum Gasteiger partial charge on any atom is 0.257 e. The van der Waals surface area contributed by atoms with E-state index in [1.807, 2.05) is 6.07 Å². The van der Waals surface area contributed by atoms with Gasteiger partial charge in [-0.3, -0.25) is 9.59 Å². The number of aromatic nitrogens is 2. The molecule has 6 heteroatoms. The highest BCUT2D eigenvalue weighted by Gasteiger charge is 2.19. The molecule has 1 amide bonds. The average Bonchev–Trinajstić information content (AvgIpc) is 2.80. The van der Waals surface area contributed by atoms with Crippen LogP contribution in [-0.4, -0.2) is 34.7 Å². The van der Waals surface area contributed by atoms with Crippen LogP contribution in [0.1, 0.15) is 45.5 Å². The molecule has 1 aromatic heterocycles. The van der Waals surface area contributed by atoms with Gasteiger partial charge in [0, 0.05) is 30.3 Å². The van der Waals surface area contributed by atoms with E-state index in [-0.39, 0.29) is 11.7 Å². The molecule has 146 valence electrons. The molecule has 6 nitrogen and oxygen atoms in total. The second-order valence-corrected chi connectivity index (χ2v) is 7.00. The molecule has 0 spiro atoms. The largest absolute Gasteiger partial charge is 0.356 e. The standard InChI is InChI=1S/C23H22N4O2/c28-22(17-9-3-1-4-10-17)18-11-5-6-12-19(18)23(29)26-20-15-21(25-16-24-20)27-13-7-2-8-14-27/h1,3-6,9-12,15-16H,2,7-8,13-14H2,(H,24,25,26,29). The van der Waals surface area contributed by atoms with Crippen LogP contribution >= 0.6 is 0 Å². The number of rotatable bonds is 5. The van der Waals surface area contributed by atoms with E-state index < -0.39 is 0 Å². The number of hydrogen-bond acceptors (Lipinski definition) is 5. The van der Waals surface area contributed by atoms with Crippen molar-refractivity contribution in [1.29, 1.82) is 0 Å². The quantitative estimate of drug-likeness (QED) is 0.672. The number of nitrogens with one attached hydrogen (secondary N) is 1. The molecule has 1 aliphatic rings. The number of carbonyl (C=O) groups excluding carboxylic acids is 2. The van der Waals surface area contributed by atoms with E-state index in [0.717, 1.165) is 31.7 Å². The highest BCUT2D eigenvalue weighted by atomic mass is 16.2. The van der Waals surface area contributed by atoms with Crippen LogP contribution < -0.4 is 10.2 Å². The van der Waals surface area contributed by atoms with Crippen molar-refractivity contribution in [2.45, 2.75) is 19.3 Å². The van der Waals surface area contributed by atoms with Gasteiger partial charge in [0.05, 0.1) is 5.56 Å². The molecule has 1 fully saturated rings. The Kier molecular flexibility index (Phi) is 5.61. The highest BCUT2D eigenvalue weighted by Crippen LogP contribution is 2.20. The summed E-state index contributed by atoms with van der Waals surface area (Å²) in [4.78, 5) is 36.5. The molecular weight excluding hydrogens is 364 g/mol. The molecule has 0 saturated carbocycles. The van der Waals surface area contributed by atoms with Gasteiger partial charge in [-0.25, -0.2) is 9.97 Å². The van der Waals surface area contributed by atoms with Crippen molar-refractivity contribution in [1.82, 2.24) is 9.97 Å². The second kappa shape index (κ2) is 8.65. The van der Waals surface area contributed by atoms with Crippen molar-refractivity contribution in [2.24, 2.45) is 0 Å². The van der Waals surface area contributed by atoms with Crippen molar-refractivity contribution in [2.75, 3.05) is 23.3 Å². The Morgan fingerprint density at radius 3 is 2.28 bits per heavy atom. The van der Waals surface area contributed by atoms with Crippen LogP contribution in [0.25, 0.3) is 0 Å². The first-order chi connectivity index (χ1) is 14.2. The third-order valence-electron chi connectivity index (χ3n) is 5.03. The lowest BCUT2D eigenvalue weighted by molar-refractivity contribution is 0.0996. The molecule has 1 N–H and O–H groups in total. The van der Waals surface area contributed by atoms with Crippen LogP contribution in [0.15, 0.2) is 67.0 Å². The van der Waals surface area contributed by atoms with Crippen molar-refractivity contribution in [3.05, 3.63) is 83.7 Å². The summed E-state index contributed by atoms with van der Waals surface area (Å²) in [5, 5.41) is 2.82. The van der Waals surface area contributed by atoms with E-state index in [0.29, 0.717) is 22.5 Å². The predicted octanol–water partition coefficient (Wildman–Crippen LogP) is 3.95. The van der Waals surface area contributed by atoms with Crippen LogP contribution in [0, 0.1) is 0 Å². The molecule has 3 aromatic rings. The summed E-state index contributed by atoms with van der Waals surface area (Å²) < 4.78 is 0. The number of amides is 1. The molecule has 1 saturated heterocycles. The number of benzene rings is 2. The van der Waals surface area contributed by atoms with Gasteiger partial charge in [0.25, 0.3) is 5.91 Å². The lowest BCUT2D eigenvalue weighted by Crippen LogP contribution is -2.30. The average molecular weight is 386 g/mol. The monoisotopic (exact) mass is 386 g/mol. The fraction of sp³-hybridized carbons (Fsp3) is 0.217. The third-order valence-corrected chi connectivity index (χ3v) is 5.03. The Bertz CT molecular complexity index is 1010. The fourth-order valence-electron chi connectivity index (χ4n) is 3.52. The van der Waals surface area contributed by atoms with Crippen molar-refractivity contribution < 1.29 is 9.59 Å². The number of piperidine rings is 1. The zero-order chi connectivity index (χ0) is 20.1. The Balaban J connectivity index is 1.56. The van der Waals surface area contributed by atoms with E-state index >= 15 is 0 Å². The maximum absolute atomic E-state index is 12.9. The number of nitrogens with zero attached hydrogens (tertiary/aromatic N) is 3. The first kappa shape index (κ1) is 18.8. The highest BCUT2D eigenvalue weighted by molar-refractivity contribution is 6.17. The Morgan fingerprint density at radius 2 is 1.52 bits per heavy atom. The molecular formula is C23H22N4O2. The third kappa shape index (κ3) is 4.32. The normalized spacial score (nSPS) is 13.7. The lowest BCUT2D eigenvalue weighted by Gasteiger charge is -2.27. The second-order valence-electron chi connectivity index (χ2n) is 7.00. The summed E-state index contributed by atoms with van der Waals surface area (Å²) in [7, 11) is 0. The summed E-state index contributed by atoms with van der Waals surface area (Å²) in [6.07, 6.45) is 4.97. The van der Waals surface area contributed by atoms with Gasteiger partial charge in [0.2, 0.25) is 0 Å². The van der Waals surface area contributed by atoms with Gasteiger partial charge >= 0.3 is 0 Å². The van der Waals surface area contributed by atoms with Crippen molar-refractivity contribution in [3.8, 4) is 0 Å². The molecule has 2 aromatic carbocycles. The van der Waals surface area contributed by atoms with Crippen molar-refractivity contribution in [3.63, 3.8) is 0 Å². The van der Waals surface area contributed by atoms with Gasteiger partial charge in [-0.1, -0.05) is 48.5 Å². The zero-order valence-electron chi connectivity index (χ0n) is 16.0. The zero-order valence-corrected chi connectivity index (χ0v) is 16.0. The van der Waals surface area contributed by atoms with Gasteiger partial charge in [-0.05, 0) is 25.3 Å². The Hall–Kier alpha value is -3.54. The molecule has 29 heavy (non-hydrogen) atoms. The SMILES string of the molecule is O=C(Nc1cc(N2CCCCC2)ncn1)c1ccccc1C(=O)c1ccccc1. The van der Waals surface area contributed by atoms with Crippen LogP contribution in [0.3, 0.4) is 0 Å². The number of anilines is 2. The van der Waals surface area contributed by atoms with Crippen molar-refractivity contribution >= 4 is 23.3 Å². The number of ketones is 1. The van der Waals surface area contributed by atoms with E-state index in [4.69, 9.17) is 0 Å². The van der Waals surface area contributed by atoms with Gasteiger partial charge in [0.1, 0.15) is 18.0 Å². The summed E-state index contributed by atoms with van der Waals surface area (Å²) in [5.74, 6) is 0.678. The van der Waals surface area contributed by atoms with Gasteiger partial charge in [-0.15, -0.1) is 0 Å². The molecule has 2 heterocycles. The number of hydrogen-bond donors (Lipinski definition) is 1. The lowest BCUT2D eigenvalue weighted by atomic mass is 9.98. The summed E-state index contributed by atoms with van der Waals surface area (Å²) in [6, 6.07) is 17.6. The van der Waals surface area contributed by atoms with Gasteiger partial charge in [-0.2, -0.15) is 0 Å². The van der Waals surface area contributed by atoms with E-state index in [1.165, 1.54) is 12.7 Å². The smallest absolute Gasteiger partial charge is 0.257 e. The predicted molar refractivity (Wildman–Crippen MR) is 112 cm³/mol. The maximum atomic E-state index is 12.9. The molecule has 4 rings (SSSR count). The summed E-state index contributed by atoms with van der Waals surface area (Å²) in [5.41, 5.74) is 1.23. The topological polar surface area (TPSA) is 75.2 Å². The minimum absolute atomic E-state index is 0.187. The minimum atomic E-state index is -0.367.